The number of hydrogen-bond donors (Lipinski definition) is 1. The standard InChI is InChI=1S/C17H35N3/c1-2-18-11-5-3-6-12-19-15-9-17(10-16-19)20-13-7-4-8-14-20/h17-18H,2-16H2,1H3. The molecule has 0 aromatic carbocycles. The lowest BCUT2D eigenvalue weighted by molar-refractivity contribution is 0.0918. The van der Waals surface area contributed by atoms with E-state index in [1.165, 1.54) is 90.6 Å². The molecule has 0 aromatic rings. The lowest BCUT2D eigenvalue weighted by Gasteiger charge is -2.40. The van der Waals surface area contributed by atoms with Crippen LogP contribution in [0.25, 0.3) is 0 Å². The monoisotopic (exact) mass is 281 g/mol. The van der Waals surface area contributed by atoms with Crippen molar-refractivity contribution in [2.75, 3.05) is 45.8 Å². The van der Waals surface area contributed by atoms with E-state index in [9.17, 15) is 0 Å². The summed E-state index contributed by atoms with van der Waals surface area (Å²) < 4.78 is 0. The summed E-state index contributed by atoms with van der Waals surface area (Å²) in [4.78, 5) is 5.48. The Bertz CT molecular complexity index is 230. The highest BCUT2D eigenvalue weighted by atomic mass is 15.2. The van der Waals surface area contributed by atoms with Gasteiger partial charge in [-0.25, -0.2) is 0 Å². The normalized spacial score (nSPS) is 23.2. The van der Waals surface area contributed by atoms with Gasteiger partial charge in [0.25, 0.3) is 0 Å². The Labute approximate surface area is 126 Å². The number of nitrogens with zero attached hydrogens (tertiary/aromatic N) is 2. The minimum atomic E-state index is 0.903. The Balaban J connectivity index is 1.50. The van der Waals surface area contributed by atoms with Crippen LogP contribution in [-0.4, -0.2) is 61.7 Å². The second-order valence-electron chi connectivity index (χ2n) is 6.58. The average molecular weight is 281 g/mol. The molecule has 0 saturated carbocycles. The number of hydrogen-bond acceptors (Lipinski definition) is 3. The van der Waals surface area contributed by atoms with Gasteiger partial charge in [-0.05, 0) is 84.3 Å². The molecule has 0 spiro atoms. The van der Waals surface area contributed by atoms with Gasteiger partial charge in [0.1, 0.15) is 0 Å². The topological polar surface area (TPSA) is 18.5 Å². The first-order chi connectivity index (χ1) is 9.90. The van der Waals surface area contributed by atoms with Gasteiger partial charge in [0.05, 0.1) is 0 Å². The summed E-state index contributed by atoms with van der Waals surface area (Å²) in [6, 6.07) is 0.903. The van der Waals surface area contributed by atoms with Crippen LogP contribution in [0.2, 0.25) is 0 Å². The Morgan fingerprint density at radius 3 is 2.35 bits per heavy atom. The number of likely N-dealkylation sites (tertiary alicyclic amines) is 2. The van der Waals surface area contributed by atoms with Crippen molar-refractivity contribution in [1.82, 2.24) is 15.1 Å². The molecule has 0 atom stereocenters. The zero-order valence-electron chi connectivity index (χ0n) is 13.6. The van der Waals surface area contributed by atoms with Crippen LogP contribution in [0.3, 0.4) is 0 Å². The van der Waals surface area contributed by atoms with E-state index in [1.54, 1.807) is 0 Å². The molecule has 0 aromatic heterocycles. The van der Waals surface area contributed by atoms with Gasteiger partial charge in [0, 0.05) is 6.04 Å². The zero-order chi connectivity index (χ0) is 14.0. The van der Waals surface area contributed by atoms with Gasteiger partial charge in [-0.15, -0.1) is 0 Å². The van der Waals surface area contributed by atoms with Crippen molar-refractivity contribution < 1.29 is 0 Å². The van der Waals surface area contributed by atoms with E-state index < -0.39 is 0 Å². The molecule has 0 unspecified atom stereocenters. The lowest BCUT2D eigenvalue weighted by Crippen LogP contribution is -2.46. The van der Waals surface area contributed by atoms with Crippen molar-refractivity contribution in [3.63, 3.8) is 0 Å². The second-order valence-corrected chi connectivity index (χ2v) is 6.58. The molecular weight excluding hydrogens is 246 g/mol. The van der Waals surface area contributed by atoms with Gasteiger partial charge in [0.2, 0.25) is 0 Å². The molecular formula is C17H35N3. The highest BCUT2D eigenvalue weighted by Crippen LogP contribution is 2.20. The van der Waals surface area contributed by atoms with Crippen molar-refractivity contribution >= 4 is 0 Å². The summed E-state index contributed by atoms with van der Waals surface area (Å²) in [7, 11) is 0. The first-order valence-corrected chi connectivity index (χ1v) is 9.07. The summed E-state index contributed by atoms with van der Waals surface area (Å²) in [6.07, 6.45) is 11.3. The number of rotatable bonds is 8. The molecule has 2 fully saturated rings. The molecule has 3 nitrogen and oxygen atoms in total. The Morgan fingerprint density at radius 1 is 0.900 bits per heavy atom. The van der Waals surface area contributed by atoms with E-state index in [-0.39, 0.29) is 0 Å². The fourth-order valence-electron chi connectivity index (χ4n) is 3.73. The van der Waals surface area contributed by atoms with E-state index in [1.807, 2.05) is 0 Å². The SMILES string of the molecule is CCNCCCCCN1CCC(N2CCCCC2)CC1. The van der Waals surface area contributed by atoms with Crippen molar-refractivity contribution in [2.45, 2.75) is 64.3 Å². The Kier molecular flexibility index (Phi) is 7.92. The third-order valence-corrected chi connectivity index (χ3v) is 5.04. The number of piperidine rings is 2. The van der Waals surface area contributed by atoms with Crippen LogP contribution < -0.4 is 5.32 Å². The van der Waals surface area contributed by atoms with Crippen molar-refractivity contribution in [1.29, 1.82) is 0 Å². The second kappa shape index (κ2) is 9.75. The highest BCUT2D eigenvalue weighted by Gasteiger charge is 2.24. The van der Waals surface area contributed by atoms with Gasteiger partial charge in [-0.3, -0.25) is 0 Å². The average Bonchev–Trinajstić information content (AvgIpc) is 2.52. The zero-order valence-corrected chi connectivity index (χ0v) is 13.6. The van der Waals surface area contributed by atoms with E-state index in [4.69, 9.17) is 0 Å². The summed E-state index contributed by atoms with van der Waals surface area (Å²) in [6.45, 7) is 11.3. The van der Waals surface area contributed by atoms with E-state index in [0.717, 1.165) is 12.6 Å². The van der Waals surface area contributed by atoms with Gasteiger partial charge in [-0.2, -0.15) is 0 Å². The predicted octanol–water partition coefficient (Wildman–Crippen LogP) is 2.72. The molecule has 2 rings (SSSR count). The summed E-state index contributed by atoms with van der Waals surface area (Å²) >= 11 is 0. The minimum absolute atomic E-state index is 0.903. The maximum absolute atomic E-state index is 3.41. The molecule has 0 radical (unpaired) electrons. The third-order valence-electron chi connectivity index (χ3n) is 5.04. The third kappa shape index (κ3) is 5.71. The van der Waals surface area contributed by atoms with Crippen LogP contribution in [0.5, 0.6) is 0 Å². The number of unbranched alkanes of at least 4 members (excludes halogenated alkanes) is 2. The van der Waals surface area contributed by atoms with E-state index in [2.05, 4.69) is 22.0 Å². The minimum Gasteiger partial charge on any atom is -0.317 e. The lowest BCUT2D eigenvalue weighted by atomic mass is 9.99. The van der Waals surface area contributed by atoms with E-state index in [0.29, 0.717) is 0 Å². The molecule has 0 aliphatic carbocycles. The fourth-order valence-corrected chi connectivity index (χ4v) is 3.73. The first-order valence-electron chi connectivity index (χ1n) is 9.07. The van der Waals surface area contributed by atoms with Crippen LogP contribution in [-0.2, 0) is 0 Å². The van der Waals surface area contributed by atoms with Crippen molar-refractivity contribution in [3.05, 3.63) is 0 Å². The molecule has 2 heterocycles. The molecule has 0 amide bonds. The van der Waals surface area contributed by atoms with Crippen LogP contribution >= 0.6 is 0 Å². The van der Waals surface area contributed by atoms with Crippen molar-refractivity contribution in [2.24, 2.45) is 0 Å². The van der Waals surface area contributed by atoms with E-state index >= 15 is 0 Å². The smallest absolute Gasteiger partial charge is 0.0120 e. The molecule has 2 saturated heterocycles. The Hall–Kier alpha value is -0.120. The molecule has 2 aliphatic heterocycles. The summed E-state index contributed by atoms with van der Waals surface area (Å²) in [5, 5.41) is 3.41. The van der Waals surface area contributed by atoms with Gasteiger partial charge >= 0.3 is 0 Å². The summed E-state index contributed by atoms with van der Waals surface area (Å²) in [5.41, 5.74) is 0. The highest BCUT2D eigenvalue weighted by molar-refractivity contribution is 4.81. The quantitative estimate of drug-likeness (QED) is 0.690. The van der Waals surface area contributed by atoms with Crippen LogP contribution in [0.1, 0.15) is 58.3 Å². The molecule has 0 bridgehead atoms. The van der Waals surface area contributed by atoms with Gasteiger partial charge in [0.15, 0.2) is 0 Å². The van der Waals surface area contributed by atoms with Crippen LogP contribution in [0, 0.1) is 0 Å². The number of nitrogens with one attached hydrogen (secondary N) is 1. The Morgan fingerprint density at radius 2 is 1.65 bits per heavy atom. The summed E-state index contributed by atoms with van der Waals surface area (Å²) in [5.74, 6) is 0. The molecule has 1 N–H and O–H groups in total. The molecule has 118 valence electrons. The fraction of sp³-hybridized carbons (Fsp3) is 1.00. The maximum atomic E-state index is 3.41. The first kappa shape index (κ1) is 16.3. The maximum Gasteiger partial charge on any atom is 0.0120 e. The molecule has 3 heteroatoms. The van der Waals surface area contributed by atoms with Crippen LogP contribution in [0.15, 0.2) is 0 Å². The largest absolute Gasteiger partial charge is 0.317 e. The van der Waals surface area contributed by atoms with Crippen LogP contribution in [0.4, 0.5) is 0 Å². The van der Waals surface area contributed by atoms with Gasteiger partial charge < -0.3 is 15.1 Å². The van der Waals surface area contributed by atoms with Gasteiger partial charge in [-0.1, -0.05) is 19.8 Å². The predicted molar refractivity (Wildman–Crippen MR) is 87.3 cm³/mol. The molecule has 2 aliphatic rings. The molecule has 20 heavy (non-hydrogen) atoms. The van der Waals surface area contributed by atoms with Crippen molar-refractivity contribution in [3.8, 4) is 0 Å².